The van der Waals surface area contributed by atoms with Crippen LogP contribution in [0.15, 0.2) is 60.7 Å². The van der Waals surface area contributed by atoms with E-state index in [1.807, 2.05) is 43.3 Å². The third-order valence-corrected chi connectivity index (χ3v) is 8.08. The fourth-order valence-corrected chi connectivity index (χ4v) is 5.94. The van der Waals surface area contributed by atoms with Crippen LogP contribution in [0, 0.1) is 6.92 Å². The summed E-state index contributed by atoms with van der Waals surface area (Å²) in [6.45, 7) is 2.25. The van der Waals surface area contributed by atoms with E-state index in [1.54, 1.807) is 29.2 Å². The summed E-state index contributed by atoms with van der Waals surface area (Å²) in [5, 5.41) is 6.19. The first-order valence-electron chi connectivity index (χ1n) is 14.0. The number of aryl methyl sites for hydroxylation is 1. The van der Waals surface area contributed by atoms with E-state index < -0.39 is 6.04 Å². The van der Waals surface area contributed by atoms with Crippen LogP contribution < -0.4 is 20.1 Å². The van der Waals surface area contributed by atoms with E-state index in [1.165, 1.54) is 12.8 Å². The summed E-state index contributed by atoms with van der Waals surface area (Å²) in [5.74, 6) is 0.232. The zero-order chi connectivity index (χ0) is 27.6. The van der Waals surface area contributed by atoms with Gasteiger partial charge < -0.3 is 25.0 Å². The molecular weight excluding hydrogens is 506 g/mol. The molecule has 8 nitrogen and oxygen atoms in total. The van der Waals surface area contributed by atoms with Gasteiger partial charge in [0.15, 0.2) is 11.5 Å². The van der Waals surface area contributed by atoms with Crippen LogP contribution in [0.3, 0.4) is 0 Å². The van der Waals surface area contributed by atoms with Crippen molar-refractivity contribution in [1.82, 2.24) is 10.2 Å². The van der Waals surface area contributed by atoms with Crippen LogP contribution in [-0.4, -0.2) is 35.5 Å². The first-order chi connectivity index (χ1) is 19.5. The molecule has 2 aliphatic heterocycles. The summed E-state index contributed by atoms with van der Waals surface area (Å²) in [5.41, 5.74) is 3.60. The molecule has 1 saturated carbocycles. The van der Waals surface area contributed by atoms with E-state index >= 15 is 0 Å². The fourth-order valence-electron chi connectivity index (χ4n) is 5.94. The Morgan fingerprint density at radius 3 is 2.50 bits per heavy atom. The molecule has 2 heterocycles. The van der Waals surface area contributed by atoms with Crippen LogP contribution >= 0.6 is 0 Å². The second-order valence-electron chi connectivity index (χ2n) is 10.8. The van der Waals surface area contributed by atoms with Gasteiger partial charge in [-0.3, -0.25) is 14.4 Å². The maximum atomic E-state index is 14.1. The number of carbonyl (C=O) groups excluding carboxylic acids is 3. The Kier molecular flexibility index (Phi) is 7.15. The lowest BCUT2D eigenvalue weighted by Crippen LogP contribution is -2.44. The van der Waals surface area contributed by atoms with Gasteiger partial charge in [-0.1, -0.05) is 62.1 Å². The lowest BCUT2D eigenvalue weighted by molar-refractivity contribution is -0.126. The largest absolute Gasteiger partial charge is 0.454 e. The minimum atomic E-state index is -0.884. The van der Waals surface area contributed by atoms with Crippen LogP contribution in [0.5, 0.6) is 11.5 Å². The van der Waals surface area contributed by atoms with E-state index in [0.29, 0.717) is 33.9 Å². The Hall–Kier alpha value is -4.33. The van der Waals surface area contributed by atoms with Gasteiger partial charge >= 0.3 is 0 Å². The molecule has 2 N–H and O–H groups in total. The fraction of sp³-hybridized carbons (Fsp3) is 0.344. The molecule has 0 radical (unpaired) electrons. The summed E-state index contributed by atoms with van der Waals surface area (Å²) in [6.07, 6.45) is 6.35. The normalized spacial score (nSPS) is 17.2. The van der Waals surface area contributed by atoms with Crippen molar-refractivity contribution in [1.29, 1.82) is 0 Å². The number of rotatable bonds is 6. The smallest absolute Gasteiger partial charge is 0.256 e. The minimum absolute atomic E-state index is 0.0713. The van der Waals surface area contributed by atoms with E-state index in [2.05, 4.69) is 10.6 Å². The number of anilines is 1. The molecule has 206 valence electrons. The van der Waals surface area contributed by atoms with Crippen LogP contribution in [0.1, 0.15) is 82.0 Å². The highest BCUT2D eigenvalue weighted by atomic mass is 16.7. The topological polar surface area (TPSA) is 97.0 Å². The molecule has 1 aliphatic carbocycles. The van der Waals surface area contributed by atoms with Gasteiger partial charge in [-0.25, -0.2) is 0 Å². The highest BCUT2D eigenvalue weighted by Gasteiger charge is 2.40. The van der Waals surface area contributed by atoms with E-state index in [-0.39, 0.29) is 37.1 Å². The van der Waals surface area contributed by atoms with Crippen LogP contribution in [0.2, 0.25) is 0 Å². The number of hydrogen-bond acceptors (Lipinski definition) is 5. The molecule has 6 rings (SSSR count). The Morgan fingerprint density at radius 2 is 1.70 bits per heavy atom. The summed E-state index contributed by atoms with van der Waals surface area (Å²) in [7, 11) is 0. The molecule has 3 amide bonds. The van der Waals surface area contributed by atoms with Crippen molar-refractivity contribution in [2.24, 2.45) is 0 Å². The quantitative estimate of drug-likeness (QED) is 0.403. The molecule has 40 heavy (non-hydrogen) atoms. The number of nitrogens with zero attached hydrogens (tertiary/aromatic N) is 1. The molecule has 3 aromatic rings. The maximum Gasteiger partial charge on any atom is 0.256 e. The van der Waals surface area contributed by atoms with Crippen molar-refractivity contribution in [2.75, 3.05) is 12.1 Å². The first kappa shape index (κ1) is 25.9. The highest BCUT2D eigenvalue weighted by Crippen LogP contribution is 2.39. The van der Waals surface area contributed by atoms with Crippen LogP contribution in [-0.2, 0) is 11.3 Å². The molecule has 3 aromatic carbocycles. The molecule has 0 spiro atoms. The predicted molar refractivity (Wildman–Crippen MR) is 150 cm³/mol. The van der Waals surface area contributed by atoms with Gasteiger partial charge in [0.05, 0.1) is 11.1 Å². The molecule has 3 aliphatic rings. The Labute approximate surface area is 233 Å². The van der Waals surface area contributed by atoms with Gasteiger partial charge in [0, 0.05) is 18.3 Å². The zero-order valence-corrected chi connectivity index (χ0v) is 22.6. The van der Waals surface area contributed by atoms with Gasteiger partial charge in [0.25, 0.3) is 11.8 Å². The van der Waals surface area contributed by atoms with Crippen molar-refractivity contribution in [3.63, 3.8) is 0 Å². The molecule has 1 atom stereocenters. The van der Waals surface area contributed by atoms with Crippen molar-refractivity contribution in [3.8, 4) is 11.5 Å². The number of amides is 3. The van der Waals surface area contributed by atoms with E-state index in [9.17, 15) is 14.4 Å². The molecule has 0 aromatic heterocycles. The third-order valence-electron chi connectivity index (χ3n) is 8.08. The molecule has 1 unspecified atom stereocenters. The minimum Gasteiger partial charge on any atom is -0.454 e. The van der Waals surface area contributed by atoms with Gasteiger partial charge in [-0.15, -0.1) is 0 Å². The monoisotopic (exact) mass is 539 g/mol. The standard InChI is InChI=1S/C32H33N3O5/c1-20-9-6-7-14-25(20)34-30(36)24-13-8-10-22-18-35(32(38)28(22)24)29(21-15-16-26-27(17-21)40-19-39-26)31(37)33-23-11-4-2-3-5-12-23/h6-10,13-17,23,29H,2-5,11-12,18-19H2,1H3,(H,33,37)(H,34,36). The number of para-hydroxylation sites is 1. The van der Waals surface area contributed by atoms with Gasteiger partial charge in [-0.05, 0) is 60.7 Å². The molecule has 8 heteroatoms. The molecule has 0 bridgehead atoms. The van der Waals surface area contributed by atoms with Crippen molar-refractivity contribution in [2.45, 2.75) is 64.1 Å². The SMILES string of the molecule is Cc1ccccc1NC(=O)c1cccc2c1C(=O)N(C(C(=O)NC1CCCCCC1)c1ccc3c(c1)OCO3)C2. The second-order valence-corrected chi connectivity index (χ2v) is 10.8. The number of hydrogen-bond donors (Lipinski definition) is 2. The first-order valence-corrected chi connectivity index (χ1v) is 14.0. The molecular formula is C32H33N3O5. The van der Waals surface area contributed by atoms with Crippen LogP contribution in [0.25, 0.3) is 0 Å². The average Bonchev–Trinajstić information content (AvgIpc) is 3.46. The van der Waals surface area contributed by atoms with E-state index in [0.717, 1.165) is 36.8 Å². The summed E-state index contributed by atoms with van der Waals surface area (Å²) in [6, 6.07) is 17.4. The number of benzene rings is 3. The summed E-state index contributed by atoms with van der Waals surface area (Å²) < 4.78 is 11.1. The summed E-state index contributed by atoms with van der Waals surface area (Å²) >= 11 is 0. The maximum absolute atomic E-state index is 14.1. The van der Waals surface area contributed by atoms with E-state index in [4.69, 9.17) is 9.47 Å². The van der Waals surface area contributed by atoms with Crippen LogP contribution in [0.4, 0.5) is 5.69 Å². The Morgan fingerprint density at radius 1 is 0.925 bits per heavy atom. The predicted octanol–water partition coefficient (Wildman–Crippen LogP) is 5.51. The molecule has 0 saturated heterocycles. The van der Waals surface area contributed by atoms with Crippen molar-refractivity contribution in [3.05, 3.63) is 88.5 Å². The lowest BCUT2D eigenvalue weighted by atomic mass is 10.0. The number of carbonyl (C=O) groups is 3. The number of fused-ring (bicyclic) bond motifs is 2. The van der Waals surface area contributed by atoms with Gasteiger partial charge in [0.1, 0.15) is 6.04 Å². The number of ether oxygens (including phenoxy) is 2. The van der Waals surface area contributed by atoms with Gasteiger partial charge in [-0.2, -0.15) is 0 Å². The highest BCUT2D eigenvalue weighted by molar-refractivity contribution is 6.14. The number of nitrogens with one attached hydrogen (secondary N) is 2. The Balaban J connectivity index is 1.32. The molecule has 1 fully saturated rings. The third kappa shape index (κ3) is 5.01. The zero-order valence-electron chi connectivity index (χ0n) is 22.6. The average molecular weight is 540 g/mol. The lowest BCUT2D eigenvalue weighted by Gasteiger charge is -2.29. The van der Waals surface area contributed by atoms with Crippen molar-refractivity contribution < 1.29 is 23.9 Å². The Bertz CT molecular complexity index is 1460. The second kappa shape index (κ2) is 11.0. The van der Waals surface area contributed by atoms with Crippen molar-refractivity contribution >= 4 is 23.4 Å². The summed E-state index contributed by atoms with van der Waals surface area (Å²) in [4.78, 5) is 43.0. The van der Waals surface area contributed by atoms with Gasteiger partial charge in [0.2, 0.25) is 12.7 Å².